The number of alkyl halides is 1. The van der Waals surface area contributed by atoms with Crippen molar-refractivity contribution >= 4 is 26.0 Å². The molecule has 0 aliphatic carbocycles. The van der Waals surface area contributed by atoms with E-state index in [1.807, 2.05) is 0 Å². The van der Waals surface area contributed by atoms with Gasteiger partial charge in [-0.05, 0) is 19.4 Å². The second-order valence-corrected chi connectivity index (χ2v) is 7.03. The van der Waals surface area contributed by atoms with Crippen molar-refractivity contribution in [3.8, 4) is 0 Å². The van der Waals surface area contributed by atoms with Crippen molar-refractivity contribution in [3.05, 3.63) is 0 Å². The molecule has 96 valence electrons. The molecule has 0 amide bonds. The first-order valence-electron chi connectivity index (χ1n) is 5.77. The van der Waals surface area contributed by atoms with Crippen LogP contribution < -0.4 is 0 Å². The molecule has 0 unspecified atom stereocenters. The molecule has 1 aliphatic heterocycles. The van der Waals surface area contributed by atoms with Crippen molar-refractivity contribution in [2.24, 2.45) is 0 Å². The van der Waals surface area contributed by atoms with Crippen LogP contribution >= 0.6 is 15.9 Å². The Bertz CT molecular complexity index is 287. The van der Waals surface area contributed by atoms with Crippen molar-refractivity contribution in [3.63, 3.8) is 0 Å². The van der Waals surface area contributed by atoms with Gasteiger partial charge in [-0.2, -0.15) is 4.31 Å². The van der Waals surface area contributed by atoms with Crippen LogP contribution in [-0.4, -0.2) is 61.9 Å². The predicted octanol–water partition coefficient (Wildman–Crippen LogP) is 1.13. The summed E-state index contributed by atoms with van der Waals surface area (Å²) in [4.78, 5) is 2.36. The smallest absolute Gasteiger partial charge is 0.211 e. The molecule has 1 saturated heterocycles. The number of piperazine rings is 1. The molecule has 1 heterocycles. The molecule has 0 spiro atoms. The normalized spacial score (nSPS) is 20.1. The molecule has 1 fully saturated rings. The van der Waals surface area contributed by atoms with Crippen LogP contribution in [0.4, 0.5) is 0 Å². The van der Waals surface area contributed by atoms with Crippen LogP contribution in [0.3, 0.4) is 0 Å². The third-order valence-electron chi connectivity index (χ3n) is 2.91. The number of hydrogen-bond acceptors (Lipinski definition) is 3. The summed E-state index contributed by atoms with van der Waals surface area (Å²) in [7, 11) is -2.98. The van der Waals surface area contributed by atoms with Gasteiger partial charge in [0.2, 0.25) is 10.0 Å². The zero-order valence-electron chi connectivity index (χ0n) is 9.86. The summed E-state index contributed by atoms with van der Waals surface area (Å²) in [6.07, 6.45) is 4.98. The van der Waals surface area contributed by atoms with Gasteiger partial charge in [-0.15, -0.1) is 0 Å². The zero-order valence-corrected chi connectivity index (χ0v) is 12.3. The molecule has 0 atom stereocenters. The number of halogens is 1. The largest absolute Gasteiger partial charge is 0.301 e. The summed E-state index contributed by atoms with van der Waals surface area (Å²) in [5, 5.41) is 1.08. The fourth-order valence-corrected chi connectivity index (χ4v) is 3.11. The van der Waals surface area contributed by atoms with Gasteiger partial charge in [0.1, 0.15) is 0 Å². The van der Waals surface area contributed by atoms with E-state index in [9.17, 15) is 8.42 Å². The molecule has 0 bridgehead atoms. The van der Waals surface area contributed by atoms with Gasteiger partial charge in [0, 0.05) is 31.5 Å². The first-order chi connectivity index (χ1) is 7.54. The van der Waals surface area contributed by atoms with E-state index in [1.165, 1.54) is 25.5 Å². The maximum atomic E-state index is 11.3. The molecule has 0 saturated carbocycles. The van der Waals surface area contributed by atoms with E-state index in [2.05, 4.69) is 20.8 Å². The molecular formula is C10H21BrN2O2S. The Balaban J connectivity index is 2.17. The fraction of sp³-hybridized carbons (Fsp3) is 1.00. The van der Waals surface area contributed by atoms with Gasteiger partial charge >= 0.3 is 0 Å². The van der Waals surface area contributed by atoms with E-state index in [-0.39, 0.29) is 0 Å². The quantitative estimate of drug-likeness (QED) is 0.545. The molecule has 0 aromatic carbocycles. The molecule has 6 heteroatoms. The van der Waals surface area contributed by atoms with E-state index < -0.39 is 10.0 Å². The Kier molecular flexibility index (Phi) is 6.25. The highest BCUT2D eigenvalue weighted by atomic mass is 79.9. The van der Waals surface area contributed by atoms with Gasteiger partial charge in [-0.3, -0.25) is 0 Å². The second kappa shape index (κ2) is 6.93. The zero-order chi connectivity index (χ0) is 12.0. The first-order valence-corrected chi connectivity index (χ1v) is 8.74. The van der Waals surface area contributed by atoms with Crippen molar-refractivity contribution < 1.29 is 8.42 Å². The van der Waals surface area contributed by atoms with Crippen LogP contribution in [0.5, 0.6) is 0 Å². The van der Waals surface area contributed by atoms with E-state index in [0.29, 0.717) is 13.1 Å². The number of nitrogens with zero attached hydrogens (tertiary/aromatic N) is 2. The molecular weight excluding hydrogens is 292 g/mol. The molecule has 0 radical (unpaired) electrons. The summed E-state index contributed by atoms with van der Waals surface area (Å²) in [5.41, 5.74) is 0. The highest BCUT2D eigenvalue weighted by Gasteiger charge is 2.22. The second-order valence-electron chi connectivity index (χ2n) is 4.25. The molecule has 1 rings (SSSR count). The van der Waals surface area contributed by atoms with Crippen molar-refractivity contribution in [2.75, 3.05) is 44.3 Å². The SMILES string of the molecule is CS(=O)(=O)N1CCN(CCCCCBr)CC1. The molecule has 1 aliphatic rings. The Labute approximate surface area is 107 Å². The van der Waals surface area contributed by atoms with Crippen LogP contribution in [0, 0.1) is 0 Å². The summed E-state index contributed by atoms with van der Waals surface area (Å²) < 4.78 is 24.2. The highest BCUT2D eigenvalue weighted by molar-refractivity contribution is 9.09. The van der Waals surface area contributed by atoms with Gasteiger partial charge in [0.05, 0.1) is 6.26 Å². The maximum absolute atomic E-state index is 11.3. The fourth-order valence-electron chi connectivity index (χ4n) is 1.89. The summed E-state index contributed by atoms with van der Waals surface area (Å²) in [6, 6.07) is 0. The molecule has 0 N–H and O–H groups in total. The average molecular weight is 313 g/mol. The van der Waals surface area contributed by atoms with Crippen molar-refractivity contribution in [2.45, 2.75) is 19.3 Å². The molecule has 4 nitrogen and oxygen atoms in total. The summed E-state index contributed by atoms with van der Waals surface area (Å²) in [5.74, 6) is 0. The number of hydrogen-bond donors (Lipinski definition) is 0. The first kappa shape index (κ1) is 14.4. The minimum Gasteiger partial charge on any atom is -0.301 e. The topological polar surface area (TPSA) is 40.6 Å². The Morgan fingerprint density at radius 2 is 1.69 bits per heavy atom. The van der Waals surface area contributed by atoms with Gasteiger partial charge in [0.25, 0.3) is 0 Å². The number of rotatable bonds is 6. The third-order valence-corrected chi connectivity index (χ3v) is 4.77. The van der Waals surface area contributed by atoms with E-state index >= 15 is 0 Å². The van der Waals surface area contributed by atoms with Crippen molar-refractivity contribution in [1.82, 2.24) is 9.21 Å². The lowest BCUT2D eigenvalue weighted by Gasteiger charge is -2.33. The minimum absolute atomic E-state index is 0.650. The predicted molar refractivity (Wildman–Crippen MR) is 70.5 cm³/mol. The third kappa shape index (κ3) is 5.12. The Morgan fingerprint density at radius 3 is 2.19 bits per heavy atom. The highest BCUT2D eigenvalue weighted by Crippen LogP contribution is 2.07. The number of unbranched alkanes of at least 4 members (excludes halogenated alkanes) is 2. The number of sulfonamides is 1. The van der Waals surface area contributed by atoms with Gasteiger partial charge < -0.3 is 4.90 Å². The summed E-state index contributed by atoms with van der Waals surface area (Å²) >= 11 is 3.42. The lowest BCUT2D eigenvalue weighted by atomic mass is 10.2. The van der Waals surface area contributed by atoms with E-state index in [4.69, 9.17) is 0 Å². The van der Waals surface area contributed by atoms with Crippen LogP contribution in [0.25, 0.3) is 0 Å². The van der Waals surface area contributed by atoms with Crippen LogP contribution in [0.1, 0.15) is 19.3 Å². The standard InChI is InChI=1S/C10H21BrN2O2S/c1-16(14,15)13-9-7-12(8-10-13)6-4-2-3-5-11/h2-10H2,1H3. The van der Waals surface area contributed by atoms with Crippen molar-refractivity contribution in [1.29, 1.82) is 0 Å². The minimum atomic E-state index is -2.98. The van der Waals surface area contributed by atoms with Gasteiger partial charge in [0.15, 0.2) is 0 Å². The van der Waals surface area contributed by atoms with Crippen LogP contribution in [-0.2, 0) is 10.0 Å². The lowest BCUT2D eigenvalue weighted by molar-refractivity contribution is 0.186. The van der Waals surface area contributed by atoms with Crippen LogP contribution in [0.2, 0.25) is 0 Å². The molecule has 0 aromatic heterocycles. The van der Waals surface area contributed by atoms with E-state index in [1.54, 1.807) is 4.31 Å². The van der Waals surface area contributed by atoms with E-state index in [0.717, 1.165) is 25.0 Å². The summed E-state index contributed by atoms with van der Waals surface area (Å²) in [6.45, 7) is 4.15. The van der Waals surface area contributed by atoms with Gasteiger partial charge in [-0.1, -0.05) is 22.4 Å². The Hall–Kier alpha value is 0.350. The average Bonchev–Trinajstić information content (AvgIpc) is 2.24. The molecule has 16 heavy (non-hydrogen) atoms. The Morgan fingerprint density at radius 1 is 1.06 bits per heavy atom. The van der Waals surface area contributed by atoms with Gasteiger partial charge in [-0.25, -0.2) is 8.42 Å². The maximum Gasteiger partial charge on any atom is 0.211 e. The monoisotopic (exact) mass is 312 g/mol. The van der Waals surface area contributed by atoms with Crippen LogP contribution in [0.15, 0.2) is 0 Å². The molecule has 0 aromatic rings. The lowest BCUT2D eigenvalue weighted by Crippen LogP contribution is -2.48.